The highest BCUT2D eigenvalue weighted by atomic mass is 16.5. The molecule has 3 aromatic rings. The highest BCUT2D eigenvalue weighted by molar-refractivity contribution is 5.95. The van der Waals surface area contributed by atoms with Crippen molar-refractivity contribution in [3.8, 4) is 5.75 Å². The highest BCUT2D eigenvalue weighted by Gasteiger charge is 2.22. The lowest BCUT2D eigenvalue weighted by Crippen LogP contribution is -2.42. The lowest BCUT2D eigenvalue weighted by molar-refractivity contribution is -0.144. The topological polar surface area (TPSA) is 80.4 Å². The standard InChI is InChI=1S/C22H22N2O4/c1-27-17-10-7-15(8-11-17)9-12-21(25)24-20(22(26)28-2)13-16-14-23-19-6-4-3-5-18(16)19/h3-12,14,20,23H,13H2,1-2H3,(H,24,25)/b12-9+. The van der Waals surface area contributed by atoms with Gasteiger partial charge in [0.15, 0.2) is 0 Å². The molecule has 0 saturated carbocycles. The van der Waals surface area contributed by atoms with Gasteiger partial charge in [0.25, 0.3) is 0 Å². The van der Waals surface area contributed by atoms with Crippen molar-refractivity contribution in [3.63, 3.8) is 0 Å². The molecule has 6 nitrogen and oxygen atoms in total. The number of para-hydroxylation sites is 1. The zero-order chi connectivity index (χ0) is 19.9. The number of methoxy groups -OCH3 is 2. The molecular weight excluding hydrogens is 356 g/mol. The van der Waals surface area contributed by atoms with E-state index in [0.717, 1.165) is 27.8 Å². The van der Waals surface area contributed by atoms with Crippen LogP contribution in [-0.4, -0.2) is 37.1 Å². The largest absolute Gasteiger partial charge is 0.497 e. The second-order valence-electron chi connectivity index (χ2n) is 6.25. The predicted molar refractivity (Wildman–Crippen MR) is 108 cm³/mol. The van der Waals surface area contributed by atoms with Crippen molar-refractivity contribution in [2.75, 3.05) is 14.2 Å². The van der Waals surface area contributed by atoms with Gasteiger partial charge in [0.2, 0.25) is 5.91 Å². The van der Waals surface area contributed by atoms with Crippen LogP contribution in [0.5, 0.6) is 5.75 Å². The van der Waals surface area contributed by atoms with E-state index in [9.17, 15) is 9.59 Å². The Bertz CT molecular complexity index is 989. The van der Waals surface area contributed by atoms with Crippen molar-refractivity contribution in [3.05, 3.63) is 71.9 Å². The number of carbonyl (C=O) groups is 2. The number of benzene rings is 2. The molecule has 0 aliphatic rings. The van der Waals surface area contributed by atoms with Crippen LogP contribution in [0.1, 0.15) is 11.1 Å². The van der Waals surface area contributed by atoms with Crippen LogP contribution in [0.4, 0.5) is 0 Å². The summed E-state index contributed by atoms with van der Waals surface area (Å²) in [4.78, 5) is 27.7. The minimum absolute atomic E-state index is 0.332. The average molecular weight is 378 g/mol. The predicted octanol–water partition coefficient (Wildman–Crippen LogP) is 3.09. The first-order chi connectivity index (χ1) is 13.6. The fourth-order valence-electron chi connectivity index (χ4n) is 2.96. The Morgan fingerprint density at radius 3 is 2.57 bits per heavy atom. The highest BCUT2D eigenvalue weighted by Crippen LogP contribution is 2.19. The summed E-state index contributed by atoms with van der Waals surface area (Å²) in [6.07, 6.45) is 5.25. The van der Waals surface area contributed by atoms with Crippen LogP contribution < -0.4 is 10.1 Å². The van der Waals surface area contributed by atoms with E-state index < -0.39 is 12.0 Å². The second kappa shape index (κ2) is 8.90. The number of H-pyrrole nitrogens is 1. The molecule has 0 saturated heterocycles. The molecule has 1 heterocycles. The zero-order valence-electron chi connectivity index (χ0n) is 15.8. The third kappa shape index (κ3) is 4.59. The van der Waals surface area contributed by atoms with E-state index in [-0.39, 0.29) is 5.91 Å². The number of hydrogen-bond donors (Lipinski definition) is 2. The molecule has 28 heavy (non-hydrogen) atoms. The quantitative estimate of drug-likeness (QED) is 0.489. The fourth-order valence-corrected chi connectivity index (χ4v) is 2.96. The molecule has 6 heteroatoms. The van der Waals surface area contributed by atoms with Gasteiger partial charge >= 0.3 is 5.97 Å². The number of fused-ring (bicyclic) bond motifs is 1. The summed E-state index contributed by atoms with van der Waals surface area (Å²) < 4.78 is 9.97. The number of aromatic nitrogens is 1. The molecule has 1 amide bonds. The maximum Gasteiger partial charge on any atom is 0.328 e. The van der Waals surface area contributed by atoms with Crippen LogP contribution in [0.2, 0.25) is 0 Å². The summed E-state index contributed by atoms with van der Waals surface area (Å²) in [6, 6.07) is 14.3. The smallest absolute Gasteiger partial charge is 0.328 e. The Kier molecular flexibility index (Phi) is 6.11. The first-order valence-electron chi connectivity index (χ1n) is 8.86. The number of amides is 1. The summed E-state index contributed by atoms with van der Waals surface area (Å²) in [5.74, 6) is -0.117. The molecule has 0 radical (unpaired) electrons. The number of aromatic amines is 1. The van der Waals surface area contributed by atoms with Gasteiger partial charge in [-0.15, -0.1) is 0 Å². The molecule has 2 aromatic carbocycles. The van der Waals surface area contributed by atoms with Crippen molar-refractivity contribution in [1.29, 1.82) is 0 Å². The Morgan fingerprint density at radius 2 is 1.86 bits per heavy atom. The number of rotatable bonds is 7. The van der Waals surface area contributed by atoms with Crippen molar-refractivity contribution >= 4 is 28.9 Å². The van der Waals surface area contributed by atoms with Gasteiger partial charge in [0.05, 0.1) is 14.2 Å². The van der Waals surface area contributed by atoms with E-state index in [1.165, 1.54) is 13.2 Å². The van der Waals surface area contributed by atoms with Gasteiger partial charge in [-0.1, -0.05) is 30.3 Å². The third-order valence-electron chi connectivity index (χ3n) is 4.44. The maximum atomic E-state index is 12.3. The first kappa shape index (κ1) is 19.2. The van der Waals surface area contributed by atoms with Crippen molar-refractivity contribution in [2.24, 2.45) is 0 Å². The van der Waals surface area contributed by atoms with E-state index in [1.807, 2.05) is 54.7 Å². The molecule has 144 valence electrons. The summed E-state index contributed by atoms with van der Waals surface area (Å²) in [5, 5.41) is 3.74. The molecule has 2 N–H and O–H groups in total. The van der Waals surface area contributed by atoms with E-state index in [2.05, 4.69) is 10.3 Å². The SMILES string of the molecule is COC(=O)C(Cc1c[nH]c2ccccc12)NC(=O)/C=C/c1ccc(OC)cc1. The Balaban J connectivity index is 1.70. The molecule has 0 bridgehead atoms. The Labute approximate surface area is 163 Å². The molecule has 0 aliphatic carbocycles. The normalized spacial score (nSPS) is 12.1. The number of carbonyl (C=O) groups excluding carboxylic acids is 2. The van der Waals surface area contributed by atoms with E-state index in [1.54, 1.807) is 13.2 Å². The number of esters is 1. The first-order valence-corrected chi connectivity index (χ1v) is 8.86. The second-order valence-corrected chi connectivity index (χ2v) is 6.25. The van der Waals surface area contributed by atoms with Gasteiger partial charge in [-0.2, -0.15) is 0 Å². The van der Waals surface area contributed by atoms with Crippen molar-refractivity contribution in [2.45, 2.75) is 12.5 Å². The molecule has 0 fully saturated rings. The molecule has 1 unspecified atom stereocenters. The Morgan fingerprint density at radius 1 is 1.11 bits per heavy atom. The van der Waals surface area contributed by atoms with Crippen LogP contribution in [-0.2, 0) is 20.7 Å². The van der Waals surface area contributed by atoms with E-state index >= 15 is 0 Å². The van der Waals surface area contributed by atoms with E-state index in [4.69, 9.17) is 9.47 Å². The van der Waals surface area contributed by atoms with Crippen LogP contribution in [0, 0.1) is 0 Å². The number of ether oxygens (including phenoxy) is 2. The average Bonchev–Trinajstić information content (AvgIpc) is 3.14. The molecule has 1 aromatic heterocycles. The van der Waals surface area contributed by atoms with Gasteiger partial charge in [0.1, 0.15) is 11.8 Å². The lowest BCUT2D eigenvalue weighted by atomic mass is 10.0. The van der Waals surface area contributed by atoms with Gasteiger partial charge in [-0.05, 0) is 35.4 Å². The molecule has 1 atom stereocenters. The lowest BCUT2D eigenvalue weighted by Gasteiger charge is -2.15. The number of nitrogens with one attached hydrogen (secondary N) is 2. The third-order valence-corrected chi connectivity index (χ3v) is 4.44. The van der Waals surface area contributed by atoms with Crippen LogP contribution in [0.3, 0.4) is 0 Å². The monoisotopic (exact) mass is 378 g/mol. The van der Waals surface area contributed by atoms with Crippen molar-refractivity contribution < 1.29 is 19.1 Å². The minimum Gasteiger partial charge on any atom is -0.497 e. The Hall–Kier alpha value is -3.54. The van der Waals surface area contributed by atoms with Crippen LogP contribution in [0.25, 0.3) is 17.0 Å². The van der Waals surface area contributed by atoms with Gasteiger partial charge < -0.3 is 19.8 Å². The zero-order valence-corrected chi connectivity index (χ0v) is 15.8. The molecular formula is C22H22N2O4. The van der Waals surface area contributed by atoms with Gasteiger partial charge in [-0.3, -0.25) is 4.79 Å². The summed E-state index contributed by atoms with van der Waals surface area (Å²) in [6.45, 7) is 0. The summed E-state index contributed by atoms with van der Waals surface area (Å²) in [7, 11) is 2.91. The van der Waals surface area contributed by atoms with Gasteiger partial charge in [-0.25, -0.2) is 4.79 Å². The van der Waals surface area contributed by atoms with Crippen molar-refractivity contribution in [1.82, 2.24) is 10.3 Å². The maximum absolute atomic E-state index is 12.3. The molecule has 3 rings (SSSR count). The van der Waals surface area contributed by atoms with Gasteiger partial charge in [0, 0.05) is 29.6 Å². The minimum atomic E-state index is -0.780. The van der Waals surface area contributed by atoms with Crippen LogP contribution >= 0.6 is 0 Å². The molecule has 0 aliphatic heterocycles. The summed E-state index contributed by atoms with van der Waals surface area (Å²) >= 11 is 0. The summed E-state index contributed by atoms with van der Waals surface area (Å²) in [5.41, 5.74) is 2.76. The van der Waals surface area contributed by atoms with E-state index in [0.29, 0.717) is 6.42 Å². The fraction of sp³-hybridized carbons (Fsp3) is 0.182. The van der Waals surface area contributed by atoms with Crippen LogP contribution in [0.15, 0.2) is 60.8 Å². The number of hydrogen-bond acceptors (Lipinski definition) is 4. The molecule has 0 spiro atoms.